The number of phenolic OH excluding ortho intramolecular Hbond substituents is 1. The van der Waals surface area contributed by atoms with Gasteiger partial charge in [-0.05, 0) is 35.9 Å². The first kappa shape index (κ1) is 15.2. The van der Waals surface area contributed by atoms with Crippen molar-refractivity contribution in [3.63, 3.8) is 0 Å². The third kappa shape index (κ3) is 3.65. The molecule has 0 aliphatic rings. The zero-order valence-corrected chi connectivity index (χ0v) is 11.7. The first-order chi connectivity index (χ1) is 10.2. The van der Waals surface area contributed by atoms with Gasteiger partial charge in [-0.1, -0.05) is 12.1 Å². The Morgan fingerprint density at radius 2 is 1.67 bits per heavy atom. The number of hydrogen-bond acceptors (Lipinski definition) is 5. The minimum Gasteiger partial charge on any atom is -0.508 e. The molecule has 0 bridgehead atoms. The molecule has 0 saturated heterocycles. The van der Waals surface area contributed by atoms with Gasteiger partial charge < -0.3 is 26.0 Å². The highest BCUT2D eigenvalue weighted by molar-refractivity contribution is 5.80. The van der Waals surface area contributed by atoms with E-state index in [4.69, 9.17) is 15.9 Å². The van der Waals surface area contributed by atoms with Gasteiger partial charge in [0.25, 0.3) is 0 Å². The van der Waals surface area contributed by atoms with E-state index in [9.17, 15) is 5.11 Å². The predicted octanol–water partition coefficient (Wildman–Crippen LogP) is 1.43. The van der Waals surface area contributed by atoms with E-state index in [1.54, 1.807) is 24.3 Å². The zero-order chi connectivity index (χ0) is 15.2. The van der Waals surface area contributed by atoms with Crippen LogP contribution in [0.25, 0.3) is 11.1 Å². The predicted molar refractivity (Wildman–Crippen MR) is 84.3 cm³/mol. The number of hydrogen-bond donors (Lipinski definition) is 4. The number of aromatic hydroxyl groups is 1. The van der Waals surface area contributed by atoms with E-state index in [1.165, 1.54) is 0 Å². The second kappa shape index (κ2) is 6.97. The van der Waals surface area contributed by atoms with Crippen molar-refractivity contribution in [2.24, 2.45) is 0 Å². The Balaban J connectivity index is 2.40. The molecule has 0 atom stereocenters. The Kier molecular flexibility index (Phi) is 5.03. The lowest BCUT2D eigenvalue weighted by molar-refractivity contribution is 0.281. The van der Waals surface area contributed by atoms with Gasteiger partial charge in [0.15, 0.2) is 0 Å². The van der Waals surface area contributed by atoms with Gasteiger partial charge in [-0.25, -0.2) is 0 Å². The van der Waals surface area contributed by atoms with Crippen LogP contribution >= 0.6 is 0 Å². The molecule has 0 heterocycles. The Labute approximate surface area is 123 Å². The minimum absolute atomic E-state index is 0.00579. The first-order valence-electron chi connectivity index (χ1n) is 6.81. The second-order valence-electron chi connectivity index (χ2n) is 4.76. The molecular formula is C16H20N2O3. The van der Waals surface area contributed by atoms with E-state index in [2.05, 4.69) is 0 Å². The lowest BCUT2D eigenvalue weighted by Gasteiger charge is -2.24. The summed E-state index contributed by atoms with van der Waals surface area (Å²) in [4.78, 5) is 1.88. The maximum absolute atomic E-state index is 9.59. The summed E-state index contributed by atoms with van der Waals surface area (Å²) < 4.78 is 0. The standard InChI is InChI=1S/C16H20N2O3/c17-16-5-4-13(18(6-8-19)7-9-20)11-15(16)12-2-1-3-14(21)10-12/h1-5,10-11,19-21H,6-9,17H2. The number of phenols is 1. The molecule has 0 unspecified atom stereocenters. The summed E-state index contributed by atoms with van der Waals surface area (Å²) in [5.41, 5.74) is 9.13. The molecule has 112 valence electrons. The van der Waals surface area contributed by atoms with Gasteiger partial charge in [0, 0.05) is 30.0 Å². The molecular weight excluding hydrogens is 268 g/mol. The van der Waals surface area contributed by atoms with Crippen LogP contribution in [-0.4, -0.2) is 41.6 Å². The van der Waals surface area contributed by atoms with Crippen LogP contribution in [-0.2, 0) is 0 Å². The Hall–Kier alpha value is -2.24. The van der Waals surface area contributed by atoms with Crippen LogP contribution < -0.4 is 10.6 Å². The third-order valence-corrected chi connectivity index (χ3v) is 3.30. The van der Waals surface area contributed by atoms with E-state index in [0.29, 0.717) is 18.8 Å². The molecule has 5 N–H and O–H groups in total. The van der Waals surface area contributed by atoms with Gasteiger partial charge in [0.05, 0.1) is 13.2 Å². The summed E-state index contributed by atoms with van der Waals surface area (Å²) >= 11 is 0. The van der Waals surface area contributed by atoms with Gasteiger partial charge in [0.1, 0.15) is 5.75 Å². The number of anilines is 2. The second-order valence-corrected chi connectivity index (χ2v) is 4.76. The molecule has 0 amide bonds. The smallest absolute Gasteiger partial charge is 0.116 e. The normalized spacial score (nSPS) is 10.6. The molecule has 2 aromatic rings. The Bertz CT molecular complexity index is 596. The molecule has 5 nitrogen and oxygen atoms in total. The van der Waals surface area contributed by atoms with Crippen LogP contribution in [0.5, 0.6) is 5.75 Å². The van der Waals surface area contributed by atoms with Crippen molar-refractivity contribution in [3.8, 4) is 16.9 Å². The number of aliphatic hydroxyl groups is 2. The number of benzene rings is 2. The molecule has 0 saturated carbocycles. The molecule has 0 aliphatic carbocycles. The van der Waals surface area contributed by atoms with E-state index in [-0.39, 0.29) is 19.0 Å². The average molecular weight is 288 g/mol. The van der Waals surface area contributed by atoms with Crippen LogP contribution in [0.2, 0.25) is 0 Å². The molecule has 2 rings (SSSR count). The first-order valence-corrected chi connectivity index (χ1v) is 6.81. The lowest BCUT2D eigenvalue weighted by Crippen LogP contribution is -2.29. The maximum atomic E-state index is 9.59. The molecule has 0 aliphatic heterocycles. The van der Waals surface area contributed by atoms with Crippen molar-refractivity contribution in [3.05, 3.63) is 42.5 Å². The summed E-state index contributed by atoms with van der Waals surface area (Å²) in [6, 6.07) is 12.4. The van der Waals surface area contributed by atoms with E-state index in [0.717, 1.165) is 16.8 Å². The van der Waals surface area contributed by atoms with Crippen LogP contribution in [0, 0.1) is 0 Å². The number of nitrogen functional groups attached to an aromatic ring is 1. The summed E-state index contributed by atoms with van der Waals surface area (Å²) in [6.07, 6.45) is 0. The highest BCUT2D eigenvalue weighted by Crippen LogP contribution is 2.31. The van der Waals surface area contributed by atoms with Crippen molar-refractivity contribution >= 4 is 11.4 Å². The quantitative estimate of drug-likeness (QED) is 0.604. The summed E-state index contributed by atoms with van der Waals surface area (Å²) in [5.74, 6) is 0.180. The number of aliphatic hydroxyl groups excluding tert-OH is 2. The summed E-state index contributed by atoms with van der Waals surface area (Å²) in [5, 5.41) is 27.8. The summed E-state index contributed by atoms with van der Waals surface area (Å²) in [7, 11) is 0. The van der Waals surface area contributed by atoms with Gasteiger partial charge in [-0.3, -0.25) is 0 Å². The van der Waals surface area contributed by atoms with E-state index < -0.39 is 0 Å². The fraction of sp³-hybridized carbons (Fsp3) is 0.250. The van der Waals surface area contributed by atoms with Crippen LogP contribution in [0.4, 0.5) is 11.4 Å². The number of rotatable bonds is 6. The van der Waals surface area contributed by atoms with Crippen LogP contribution in [0.3, 0.4) is 0 Å². The topological polar surface area (TPSA) is 90.0 Å². The van der Waals surface area contributed by atoms with Gasteiger partial charge in [-0.2, -0.15) is 0 Å². The molecule has 0 spiro atoms. The number of nitrogens with two attached hydrogens (primary N) is 1. The van der Waals surface area contributed by atoms with Crippen molar-refractivity contribution < 1.29 is 15.3 Å². The van der Waals surface area contributed by atoms with Gasteiger partial charge in [0.2, 0.25) is 0 Å². The lowest BCUT2D eigenvalue weighted by atomic mass is 10.0. The van der Waals surface area contributed by atoms with Crippen molar-refractivity contribution in [1.29, 1.82) is 0 Å². The Morgan fingerprint density at radius 3 is 2.29 bits per heavy atom. The van der Waals surface area contributed by atoms with E-state index >= 15 is 0 Å². The number of nitrogens with zero attached hydrogens (tertiary/aromatic N) is 1. The molecule has 0 aromatic heterocycles. The highest BCUT2D eigenvalue weighted by Gasteiger charge is 2.10. The summed E-state index contributed by atoms with van der Waals surface area (Å²) in [6.45, 7) is 0.881. The molecule has 2 aromatic carbocycles. The van der Waals surface area contributed by atoms with Crippen LogP contribution in [0.15, 0.2) is 42.5 Å². The molecule has 0 fully saturated rings. The minimum atomic E-state index is 0.00579. The largest absolute Gasteiger partial charge is 0.508 e. The Morgan fingerprint density at radius 1 is 0.952 bits per heavy atom. The maximum Gasteiger partial charge on any atom is 0.116 e. The zero-order valence-electron chi connectivity index (χ0n) is 11.7. The molecule has 21 heavy (non-hydrogen) atoms. The molecule has 5 heteroatoms. The SMILES string of the molecule is Nc1ccc(N(CCO)CCO)cc1-c1cccc(O)c1. The molecule has 0 radical (unpaired) electrons. The van der Waals surface area contributed by atoms with Crippen molar-refractivity contribution in [1.82, 2.24) is 0 Å². The van der Waals surface area contributed by atoms with Crippen LogP contribution in [0.1, 0.15) is 0 Å². The fourth-order valence-corrected chi connectivity index (χ4v) is 2.28. The van der Waals surface area contributed by atoms with Crippen molar-refractivity contribution in [2.45, 2.75) is 0 Å². The third-order valence-electron chi connectivity index (χ3n) is 3.30. The van der Waals surface area contributed by atoms with Gasteiger partial charge in [-0.15, -0.1) is 0 Å². The van der Waals surface area contributed by atoms with Gasteiger partial charge >= 0.3 is 0 Å². The monoisotopic (exact) mass is 288 g/mol. The van der Waals surface area contributed by atoms with E-state index in [1.807, 2.05) is 23.1 Å². The average Bonchev–Trinajstić information content (AvgIpc) is 2.47. The highest BCUT2D eigenvalue weighted by atomic mass is 16.3. The van der Waals surface area contributed by atoms with Crippen molar-refractivity contribution in [2.75, 3.05) is 36.9 Å². The fourth-order valence-electron chi connectivity index (χ4n) is 2.28.